The third-order valence-electron chi connectivity index (χ3n) is 7.28. The Kier molecular flexibility index (Phi) is 42.1. The molecule has 0 fully saturated rings. The minimum Gasteiger partial charge on any atom is -0.697 e. The van der Waals surface area contributed by atoms with E-state index in [1.165, 1.54) is 25.6 Å². The van der Waals surface area contributed by atoms with E-state index in [1.807, 2.05) is 81.0 Å². The Morgan fingerprint density at radius 1 is 0.800 bits per heavy atom. The molecule has 0 spiro atoms. The van der Waals surface area contributed by atoms with Crippen molar-refractivity contribution in [2.45, 2.75) is 98.4 Å². The second-order valence-electron chi connectivity index (χ2n) is 10.8. The van der Waals surface area contributed by atoms with Gasteiger partial charge in [0.15, 0.2) is 0 Å². The predicted molar refractivity (Wildman–Crippen MR) is 232 cm³/mol. The van der Waals surface area contributed by atoms with Crippen molar-refractivity contribution < 1.29 is 65.5 Å². The van der Waals surface area contributed by atoms with Crippen molar-refractivity contribution in [1.82, 2.24) is 5.32 Å². The zero-order valence-electron chi connectivity index (χ0n) is 33.7. The fraction of sp³-hybridized carbons (Fsp3) is 0.568. The summed E-state index contributed by atoms with van der Waals surface area (Å²) >= 11 is 0. The molecule has 0 aliphatic carbocycles. The van der Waals surface area contributed by atoms with E-state index in [1.54, 1.807) is 21.8 Å². The van der Waals surface area contributed by atoms with Crippen LogP contribution < -0.4 is 21.7 Å². The normalized spacial score (nSPS) is 12.6. The molecule has 0 saturated heterocycles. The molecule has 18 heteroatoms. The van der Waals surface area contributed by atoms with E-state index in [2.05, 4.69) is 21.8 Å². The van der Waals surface area contributed by atoms with Crippen molar-refractivity contribution in [3.8, 4) is 0 Å². The molecule has 1 aliphatic heterocycles. The Morgan fingerprint density at radius 2 is 1.31 bits per heavy atom. The maximum atomic E-state index is 13.2. The summed E-state index contributed by atoms with van der Waals surface area (Å²) in [6, 6.07) is 14.7. The number of anilines is 1. The summed E-state index contributed by atoms with van der Waals surface area (Å²) in [7, 11) is 0.759. The van der Waals surface area contributed by atoms with Crippen LogP contribution in [0.1, 0.15) is 109 Å². The molecule has 55 heavy (non-hydrogen) atoms. The number of nitrogens with one attached hydrogen (secondary N) is 2. The van der Waals surface area contributed by atoms with Gasteiger partial charge in [0, 0.05) is 63.7 Å². The minimum absolute atomic E-state index is 0. The monoisotopic (exact) mass is 948 g/mol. The first-order valence-electron chi connectivity index (χ1n) is 18.5. The van der Waals surface area contributed by atoms with Gasteiger partial charge in [-0.3, -0.25) is 9.59 Å². The number of unbranched alkanes of at least 4 members (excludes halogenated alkanes) is 6. The summed E-state index contributed by atoms with van der Waals surface area (Å²) in [5.74, 6) is 0.840. The molecule has 13 nitrogen and oxygen atoms in total. The first-order valence-corrected chi connectivity index (χ1v) is 23.5. The zero-order valence-corrected chi connectivity index (χ0v) is 41.1. The van der Waals surface area contributed by atoms with Crippen LogP contribution >= 0.6 is 38.8 Å². The van der Waals surface area contributed by atoms with Gasteiger partial charge in [0.05, 0.1) is 25.4 Å². The van der Waals surface area contributed by atoms with Crippen molar-refractivity contribution in [1.29, 1.82) is 0 Å². The van der Waals surface area contributed by atoms with Crippen LogP contribution in [0.15, 0.2) is 48.5 Å². The molecule has 0 atom stereocenters. The van der Waals surface area contributed by atoms with Crippen molar-refractivity contribution in [2.75, 3.05) is 43.7 Å². The number of fused-ring (bicyclic) bond motifs is 2. The van der Waals surface area contributed by atoms with Gasteiger partial charge < -0.3 is 56.0 Å². The Bertz CT molecular complexity index is 1290. The smallest absolute Gasteiger partial charge is 0.327 e. The van der Waals surface area contributed by atoms with Gasteiger partial charge in [-0.1, -0.05) is 117 Å². The van der Waals surface area contributed by atoms with Crippen LogP contribution in [0.3, 0.4) is 0 Å². The van der Waals surface area contributed by atoms with Gasteiger partial charge in [0.25, 0.3) is 0 Å². The van der Waals surface area contributed by atoms with E-state index in [0.29, 0.717) is 48.8 Å². The van der Waals surface area contributed by atoms with Gasteiger partial charge in [-0.2, -0.15) is 0 Å². The van der Waals surface area contributed by atoms with Crippen LogP contribution in [-0.4, -0.2) is 70.2 Å². The Labute approximate surface area is 360 Å². The summed E-state index contributed by atoms with van der Waals surface area (Å²) in [5.41, 5.74) is 22.7. The number of hydrogen-bond donors (Lipinski definition) is 7. The van der Waals surface area contributed by atoms with Gasteiger partial charge in [-0.25, -0.2) is 0 Å². The number of nitrogens with two attached hydrogens (primary N) is 2. The molecule has 2 amide bonds. The van der Waals surface area contributed by atoms with E-state index >= 15 is 0 Å². The Hall–Kier alpha value is -1.08. The number of rotatable bonds is 20. The quantitative estimate of drug-likeness (QED) is 0.0287. The van der Waals surface area contributed by atoms with E-state index in [0.717, 1.165) is 44.1 Å². The SMILES string of the molecule is CC.CC.CN.CSSCCCCCCOP(O)O.[Cd].[NH-]/C1=C(\N)c2ccccc2N(C(=O)CCC(=O)NCCCCCCOP(O)O)Cc2ccccc21. The minimum atomic E-state index is -2.29. The van der Waals surface area contributed by atoms with Crippen LogP contribution in [0, 0.1) is 0 Å². The van der Waals surface area contributed by atoms with Crippen LogP contribution in [0.2, 0.25) is 0 Å². The number of nitrogens with zero attached hydrogens (tertiary/aromatic N) is 1. The number of para-hydroxylation sites is 1. The maximum absolute atomic E-state index is 13.2. The number of carbonyl (C=O) groups is 2. The molecule has 3 rings (SSSR count). The number of hydrogen-bond acceptors (Lipinski definition) is 12. The van der Waals surface area contributed by atoms with Crippen molar-refractivity contribution in [2.24, 2.45) is 11.5 Å². The van der Waals surface area contributed by atoms with E-state index in [9.17, 15) is 9.59 Å². The predicted octanol–water partition coefficient (Wildman–Crippen LogP) is 8.47. The Morgan fingerprint density at radius 3 is 1.87 bits per heavy atom. The maximum Gasteiger partial charge on any atom is 0.327 e. The van der Waals surface area contributed by atoms with E-state index < -0.39 is 17.2 Å². The van der Waals surface area contributed by atoms with Crippen molar-refractivity contribution >= 4 is 67.7 Å². The first kappa shape index (κ1) is 58.2. The van der Waals surface area contributed by atoms with Crippen LogP contribution in [0.4, 0.5) is 5.69 Å². The van der Waals surface area contributed by atoms with Crippen LogP contribution in [-0.2, 0) is 52.5 Å². The van der Waals surface area contributed by atoms with Crippen molar-refractivity contribution in [3.05, 3.63) is 71.0 Å². The molecular formula is C37H66CdN5O8P2S2-. The average Bonchev–Trinajstić information content (AvgIpc) is 3.19. The number of benzene rings is 2. The standard InChI is InChI=1S/C25H32N4O5P.C7H17O3PS2.2C2H6.CH5N.Cd/c26-24-19-10-4-3-9-18(19)17-29(21-12-6-5-11-20(21)25(24)27)23(31)14-13-22(30)28-15-7-1-2-8-16-34-35(32)33;1-12-13-7-5-3-2-4-6-10-11(8)9;3*1-2;/h3-6,9-12,26,32-33H,1-2,7-8,13-17,27H2,(H,28,30);8-9H,2-7H2,1H3;2*1-2H3;2H2,1H3;/q-1;;;;;/b25-24-;;;;;. The topological polar surface area (TPSA) is 225 Å². The summed E-state index contributed by atoms with van der Waals surface area (Å²) in [6.07, 6.45) is 9.96. The summed E-state index contributed by atoms with van der Waals surface area (Å²) < 4.78 is 9.35. The van der Waals surface area contributed by atoms with Crippen molar-refractivity contribution in [3.63, 3.8) is 0 Å². The Balaban J connectivity index is -0.00000114. The second-order valence-corrected chi connectivity index (χ2v) is 15.0. The van der Waals surface area contributed by atoms with Gasteiger partial charge in [-0.15, -0.1) is 5.70 Å². The largest absolute Gasteiger partial charge is 0.697 e. The third kappa shape index (κ3) is 27.3. The number of amides is 2. The molecule has 1 heterocycles. The summed E-state index contributed by atoms with van der Waals surface area (Å²) in [4.78, 5) is 61.4. The molecule has 2 aromatic rings. The summed E-state index contributed by atoms with van der Waals surface area (Å²) in [6.45, 7) is 9.59. The van der Waals surface area contributed by atoms with Crippen LogP contribution in [0.25, 0.3) is 17.1 Å². The molecular weight excluding hydrogens is 881 g/mol. The van der Waals surface area contributed by atoms with Crippen LogP contribution in [0.5, 0.6) is 0 Å². The van der Waals surface area contributed by atoms with Gasteiger partial charge in [-0.05, 0) is 56.2 Å². The fourth-order valence-corrected chi connectivity index (χ4v) is 6.77. The van der Waals surface area contributed by atoms with Gasteiger partial charge in [0.1, 0.15) is 0 Å². The zero-order chi connectivity index (χ0) is 41.1. The molecule has 0 saturated carbocycles. The summed E-state index contributed by atoms with van der Waals surface area (Å²) in [5, 5.41) is 2.85. The second kappa shape index (κ2) is 39.7. The average molecular weight is 947 g/mol. The molecule has 0 radical (unpaired) electrons. The molecule has 312 valence electrons. The number of carbonyl (C=O) groups excluding carboxylic acids is 2. The molecule has 0 bridgehead atoms. The van der Waals surface area contributed by atoms with Gasteiger partial charge in [0.2, 0.25) is 11.8 Å². The van der Waals surface area contributed by atoms with Gasteiger partial charge >= 0.3 is 17.2 Å². The van der Waals surface area contributed by atoms with E-state index in [4.69, 9.17) is 35.6 Å². The fourth-order valence-electron chi connectivity index (χ4n) is 4.84. The molecule has 2 aromatic carbocycles. The first-order chi connectivity index (χ1) is 26.1. The molecule has 0 unspecified atom stereocenters. The third-order valence-corrected chi connectivity index (χ3v) is 10.0. The van der Waals surface area contributed by atoms with E-state index in [-0.39, 0.29) is 57.7 Å². The molecule has 0 aromatic heterocycles. The molecule has 1 aliphatic rings. The molecule has 10 N–H and O–H groups in total.